The van der Waals surface area contributed by atoms with Crippen LogP contribution >= 0.6 is 0 Å². The van der Waals surface area contributed by atoms with E-state index in [1.54, 1.807) is 0 Å². The molecule has 8 heteroatoms. The average Bonchev–Trinajstić information content (AvgIpc) is 2.63. The Morgan fingerprint density at radius 2 is 1.88 bits per heavy atom. The van der Waals surface area contributed by atoms with Crippen LogP contribution in [-0.4, -0.2) is 35.3 Å². The highest BCUT2D eigenvalue weighted by molar-refractivity contribution is 5.73. The number of nitrogen functional groups attached to an aromatic ring is 1. The first-order chi connectivity index (χ1) is 12.3. The Kier molecular flexibility index (Phi) is 7.02. The van der Waals surface area contributed by atoms with Gasteiger partial charge in [-0.3, -0.25) is 4.98 Å². The van der Waals surface area contributed by atoms with Crippen molar-refractivity contribution in [3.63, 3.8) is 0 Å². The van der Waals surface area contributed by atoms with Gasteiger partial charge < -0.3 is 16.2 Å². The lowest BCUT2D eigenvalue weighted by molar-refractivity contribution is -0.192. The summed E-state index contributed by atoms with van der Waals surface area (Å²) in [4.78, 5) is 13.8. The monoisotopic (exact) mass is 371 g/mol. The molecule has 0 spiro atoms. The number of carbonyl (C=O) groups is 1. The molecule has 26 heavy (non-hydrogen) atoms. The van der Waals surface area contributed by atoms with E-state index < -0.39 is 12.1 Å². The first-order valence-electron chi connectivity index (χ1n) is 8.75. The normalized spacial score (nSPS) is 18.5. The highest BCUT2D eigenvalue weighted by Gasteiger charge is 2.38. The van der Waals surface area contributed by atoms with Crippen LogP contribution in [0, 0.1) is 0 Å². The van der Waals surface area contributed by atoms with Crippen LogP contribution in [0.4, 0.5) is 18.9 Å². The lowest BCUT2D eigenvalue weighted by Crippen LogP contribution is -2.27. The van der Waals surface area contributed by atoms with Crippen molar-refractivity contribution in [2.24, 2.45) is 0 Å². The number of halogens is 3. The van der Waals surface area contributed by atoms with Gasteiger partial charge in [-0.25, -0.2) is 4.79 Å². The fourth-order valence-corrected chi connectivity index (χ4v) is 3.14. The molecule has 1 saturated heterocycles. The molecule has 0 unspecified atom stereocenters. The third-order valence-electron chi connectivity index (χ3n) is 4.54. The van der Waals surface area contributed by atoms with Crippen LogP contribution in [0.1, 0.15) is 55.8 Å². The first kappa shape index (κ1) is 20.2. The number of nitrogens with zero attached hydrogens (tertiary/aromatic N) is 1. The molecule has 4 N–H and O–H groups in total. The number of nitrogens with two attached hydrogens (primary N) is 1. The average molecular weight is 371 g/mol. The quantitative estimate of drug-likeness (QED) is 0.737. The highest BCUT2D eigenvalue weighted by atomic mass is 19.4. The Hall–Kier alpha value is -2.09. The molecule has 0 radical (unpaired) electrons. The number of alkyl halides is 3. The fraction of sp³-hybridized carbons (Fsp3) is 0.556. The van der Waals surface area contributed by atoms with E-state index in [1.165, 1.54) is 43.4 Å². The summed E-state index contributed by atoms with van der Waals surface area (Å²) in [5.41, 5.74) is 10.6. The Labute approximate surface area is 150 Å². The summed E-state index contributed by atoms with van der Waals surface area (Å²) in [5.74, 6) is -2.16. The van der Waals surface area contributed by atoms with Crippen LogP contribution in [0.25, 0.3) is 5.57 Å². The molecule has 0 aromatic carbocycles. The summed E-state index contributed by atoms with van der Waals surface area (Å²) < 4.78 is 31.7. The lowest BCUT2D eigenvalue weighted by Gasteiger charge is -2.23. The third kappa shape index (κ3) is 5.72. The maximum Gasteiger partial charge on any atom is 0.490 e. The van der Waals surface area contributed by atoms with E-state index in [1.807, 2.05) is 0 Å². The van der Waals surface area contributed by atoms with Crippen molar-refractivity contribution in [2.45, 2.75) is 50.6 Å². The molecule has 5 nitrogen and oxygen atoms in total. The third-order valence-corrected chi connectivity index (χ3v) is 4.54. The number of aromatic nitrogens is 1. The molecule has 2 aliphatic rings. The molecule has 144 valence electrons. The van der Waals surface area contributed by atoms with E-state index in [-0.39, 0.29) is 0 Å². The standard InChI is InChI=1S/C16H23N3.C2HF3O2/c17-14-6-7-15(12-8-10-18-11-9-12)19-16(14)13-4-2-1-3-5-13;3-2(4,5)1(6)7/h4,6-7,12,18H,1-3,5,8-11,17H2;(H,6,7). The number of aliphatic carboxylic acids is 1. The molecule has 0 bridgehead atoms. The molecular formula is C18H24F3N3O2. The number of carboxylic acids is 1. The van der Waals surface area contributed by atoms with Crippen molar-refractivity contribution < 1.29 is 23.1 Å². The highest BCUT2D eigenvalue weighted by Crippen LogP contribution is 2.31. The summed E-state index contributed by atoms with van der Waals surface area (Å²) >= 11 is 0. The summed E-state index contributed by atoms with van der Waals surface area (Å²) in [6, 6.07) is 4.17. The first-order valence-corrected chi connectivity index (χ1v) is 8.75. The molecule has 1 aliphatic heterocycles. The largest absolute Gasteiger partial charge is 0.490 e. The van der Waals surface area contributed by atoms with Crippen molar-refractivity contribution in [2.75, 3.05) is 18.8 Å². The van der Waals surface area contributed by atoms with Crippen LogP contribution < -0.4 is 11.1 Å². The number of pyridine rings is 1. The zero-order chi connectivity index (χ0) is 19.2. The molecular weight excluding hydrogens is 347 g/mol. The molecule has 1 fully saturated rings. The topological polar surface area (TPSA) is 88.2 Å². The number of carboxylic acid groups (broad SMARTS) is 1. The molecule has 0 amide bonds. The molecule has 1 aromatic heterocycles. The summed E-state index contributed by atoms with van der Waals surface area (Å²) in [6.07, 6.45) is 4.50. The van der Waals surface area contributed by atoms with Crippen molar-refractivity contribution >= 4 is 17.2 Å². The molecule has 1 aromatic rings. The Balaban J connectivity index is 0.000000298. The van der Waals surface area contributed by atoms with Crippen LogP contribution in [0.3, 0.4) is 0 Å². The summed E-state index contributed by atoms with van der Waals surface area (Å²) in [6.45, 7) is 2.21. The second-order valence-corrected chi connectivity index (χ2v) is 6.48. The van der Waals surface area contributed by atoms with E-state index in [4.69, 9.17) is 20.6 Å². The van der Waals surface area contributed by atoms with E-state index >= 15 is 0 Å². The summed E-state index contributed by atoms with van der Waals surface area (Å²) in [5, 5.41) is 10.5. The maximum atomic E-state index is 10.6. The van der Waals surface area contributed by atoms with Gasteiger partial charge in [0.15, 0.2) is 0 Å². The van der Waals surface area contributed by atoms with Crippen LogP contribution in [0.5, 0.6) is 0 Å². The zero-order valence-corrected chi connectivity index (χ0v) is 14.5. The second-order valence-electron chi connectivity index (χ2n) is 6.48. The van der Waals surface area contributed by atoms with E-state index in [0.717, 1.165) is 30.9 Å². The van der Waals surface area contributed by atoms with Gasteiger partial charge in [-0.1, -0.05) is 6.08 Å². The number of anilines is 1. The van der Waals surface area contributed by atoms with Gasteiger partial charge in [0.05, 0.1) is 11.4 Å². The Morgan fingerprint density at radius 1 is 1.23 bits per heavy atom. The van der Waals surface area contributed by atoms with Gasteiger partial charge in [0, 0.05) is 11.6 Å². The lowest BCUT2D eigenvalue weighted by atomic mass is 9.92. The zero-order valence-electron chi connectivity index (χ0n) is 14.5. The van der Waals surface area contributed by atoms with Crippen molar-refractivity contribution in [1.82, 2.24) is 10.3 Å². The smallest absolute Gasteiger partial charge is 0.475 e. The SMILES string of the molecule is Nc1ccc(C2CCNCC2)nc1C1=CCCCC1.O=C(O)C(F)(F)F. The van der Waals surface area contributed by atoms with Gasteiger partial charge >= 0.3 is 12.1 Å². The van der Waals surface area contributed by atoms with Crippen molar-refractivity contribution in [3.05, 3.63) is 29.6 Å². The van der Waals surface area contributed by atoms with E-state index in [9.17, 15) is 13.2 Å². The fourth-order valence-electron chi connectivity index (χ4n) is 3.14. The van der Waals surface area contributed by atoms with Crippen LogP contribution in [-0.2, 0) is 4.79 Å². The van der Waals surface area contributed by atoms with Gasteiger partial charge in [0.2, 0.25) is 0 Å². The molecule has 1 aliphatic carbocycles. The number of allylic oxidation sites excluding steroid dienone is 2. The van der Waals surface area contributed by atoms with Crippen molar-refractivity contribution in [3.8, 4) is 0 Å². The minimum absolute atomic E-state index is 0.602. The molecule has 0 saturated carbocycles. The number of rotatable bonds is 2. The predicted molar refractivity (Wildman–Crippen MR) is 93.6 cm³/mol. The minimum Gasteiger partial charge on any atom is -0.475 e. The van der Waals surface area contributed by atoms with Gasteiger partial charge in [-0.05, 0) is 69.3 Å². The van der Waals surface area contributed by atoms with Crippen LogP contribution in [0.2, 0.25) is 0 Å². The maximum absolute atomic E-state index is 10.6. The molecule has 2 heterocycles. The minimum atomic E-state index is -5.08. The number of hydrogen-bond acceptors (Lipinski definition) is 4. The second kappa shape index (κ2) is 9.02. The van der Waals surface area contributed by atoms with Gasteiger partial charge in [0.25, 0.3) is 0 Å². The van der Waals surface area contributed by atoms with Gasteiger partial charge in [-0.2, -0.15) is 13.2 Å². The summed E-state index contributed by atoms with van der Waals surface area (Å²) in [7, 11) is 0. The predicted octanol–water partition coefficient (Wildman–Crippen LogP) is 3.72. The Morgan fingerprint density at radius 3 is 2.42 bits per heavy atom. The Bertz CT molecular complexity index is 654. The van der Waals surface area contributed by atoms with E-state index in [0.29, 0.717) is 5.92 Å². The van der Waals surface area contributed by atoms with Crippen molar-refractivity contribution in [1.29, 1.82) is 0 Å². The number of piperidine rings is 1. The van der Waals surface area contributed by atoms with Gasteiger partial charge in [-0.15, -0.1) is 0 Å². The molecule has 3 rings (SSSR count). The molecule has 0 atom stereocenters. The number of nitrogens with one attached hydrogen (secondary N) is 1. The van der Waals surface area contributed by atoms with E-state index in [2.05, 4.69) is 23.5 Å². The van der Waals surface area contributed by atoms with Crippen LogP contribution in [0.15, 0.2) is 18.2 Å². The number of hydrogen-bond donors (Lipinski definition) is 3. The van der Waals surface area contributed by atoms with Gasteiger partial charge in [0.1, 0.15) is 0 Å².